The number of carboxylic acids is 1. The normalized spacial score (nSPS) is 26.2. The van der Waals surface area contributed by atoms with E-state index in [1.165, 1.54) is 0 Å². The van der Waals surface area contributed by atoms with Crippen LogP contribution in [-0.4, -0.2) is 40.3 Å². The van der Waals surface area contributed by atoms with Gasteiger partial charge in [0.1, 0.15) is 0 Å². The lowest BCUT2D eigenvalue weighted by atomic mass is 9.93. The van der Waals surface area contributed by atoms with Crippen molar-refractivity contribution in [2.75, 3.05) is 0 Å². The van der Waals surface area contributed by atoms with E-state index in [0.29, 0.717) is 12.8 Å². The number of carboxylic acid groups (broad SMARTS) is 1. The number of aliphatic hydroxyl groups is 1. The summed E-state index contributed by atoms with van der Waals surface area (Å²) in [7, 11) is 0. The molecule has 6 heteroatoms. The van der Waals surface area contributed by atoms with Gasteiger partial charge in [-0.05, 0) is 32.1 Å². The number of aliphatic hydroxyl groups excluding tert-OH is 1. The first kappa shape index (κ1) is 13.9. The van der Waals surface area contributed by atoms with Gasteiger partial charge >= 0.3 is 5.97 Å². The Morgan fingerprint density at radius 2 is 1.88 bits per heavy atom. The molecule has 0 aromatic rings. The molecule has 1 fully saturated rings. The summed E-state index contributed by atoms with van der Waals surface area (Å²) in [5, 5.41) is 20.6. The zero-order valence-corrected chi connectivity index (χ0v) is 9.76. The van der Waals surface area contributed by atoms with Crippen LogP contribution in [0.4, 0.5) is 0 Å². The second-order valence-electron chi connectivity index (χ2n) is 4.55. The monoisotopic (exact) mass is 244 g/mol. The minimum absolute atomic E-state index is 0.0572. The van der Waals surface area contributed by atoms with Crippen molar-refractivity contribution in [1.29, 1.82) is 0 Å². The van der Waals surface area contributed by atoms with Gasteiger partial charge in [0.2, 0.25) is 5.91 Å². The van der Waals surface area contributed by atoms with Gasteiger partial charge in [0, 0.05) is 12.5 Å². The molecule has 0 aromatic heterocycles. The van der Waals surface area contributed by atoms with Crippen molar-refractivity contribution in [1.82, 2.24) is 5.32 Å². The Bertz CT molecular complexity index is 275. The van der Waals surface area contributed by atoms with Crippen LogP contribution in [0.5, 0.6) is 0 Å². The molecule has 1 saturated carbocycles. The summed E-state index contributed by atoms with van der Waals surface area (Å²) in [5.74, 6) is -1.25. The molecule has 1 atom stereocenters. The first-order valence-corrected chi connectivity index (χ1v) is 5.95. The highest BCUT2D eigenvalue weighted by Gasteiger charge is 2.23. The average Bonchev–Trinajstić information content (AvgIpc) is 2.28. The number of carbonyl (C=O) groups is 2. The maximum Gasteiger partial charge on any atom is 0.303 e. The third-order valence-electron chi connectivity index (χ3n) is 3.05. The van der Waals surface area contributed by atoms with Crippen molar-refractivity contribution < 1.29 is 19.8 Å². The van der Waals surface area contributed by atoms with Gasteiger partial charge in [-0.15, -0.1) is 0 Å². The fraction of sp³-hybridized carbons (Fsp3) is 0.818. The maximum absolute atomic E-state index is 11.6. The molecule has 5 N–H and O–H groups in total. The van der Waals surface area contributed by atoms with Gasteiger partial charge in [0.05, 0.1) is 12.1 Å². The van der Waals surface area contributed by atoms with Crippen molar-refractivity contribution in [3.05, 3.63) is 0 Å². The lowest BCUT2D eigenvalue weighted by molar-refractivity contribution is -0.137. The van der Waals surface area contributed by atoms with Crippen LogP contribution in [-0.2, 0) is 9.59 Å². The molecule has 0 radical (unpaired) electrons. The van der Waals surface area contributed by atoms with Gasteiger partial charge < -0.3 is 21.3 Å². The number of hydrogen-bond donors (Lipinski definition) is 4. The summed E-state index contributed by atoms with van der Waals surface area (Å²) >= 11 is 0. The summed E-state index contributed by atoms with van der Waals surface area (Å²) in [6, 6.07) is -0.709. The SMILES string of the molecule is NC(CCC(=O)O)C(=O)NC1CCC(O)CC1. The maximum atomic E-state index is 11.6. The number of carbonyl (C=O) groups excluding carboxylic acids is 1. The molecule has 0 spiro atoms. The van der Waals surface area contributed by atoms with Crippen LogP contribution in [0.1, 0.15) is 38.5 Å². The van der Waals surface area contributed by atoms with E-state index in [9.17, 15) is 14.7 Å². The van der Waals surface area contributed by atoms with Gasteiger partial charge in [-0.25, -0.2) is 0 Å². The van der Waals surface area contributed by atoms with Gasteiger partial charge in [-0.3, -0.25) is 9.59 Å². The Morgan fingerprint density at radius 1 is 1.29 bits per heavy atom. The summed E-state index contributed by atoms with van der Waals surface area (Å²) in [6.07, 6.45) is 2.67. The summed E-state index contributed by atoms with van der Waals surface area (Å²) in [4.78, 5) is 22.0. The number of aliphatic carboxylic acids is 1. The third kappa shape index (κ3) is 5.14. The predicted octanol–water partition coefficient (Wildman–Crippen LogP) is -0.402. The zero-order valence-electron chi connectivity index (χ0n) is 9.76. The van der Waals surface area contributed by atoms with Crippen molar-refractivity contribution in [3.8, 4) is 0 Å². The van der Waals surface area contributed by atoms with E-state index in [0.717, 1.165) is 12.8 Å². The van der Waals surface area contributed by atoms with Gasteiger partial charge in [0.25, 0.3) is 0 Å². The van der Waals surface area contributed by atoms with Crippen LogP contribution in [0.3, 0.4) is 0 Å². The topological polar surface area (TPSA) is 113 Å². The second-order valence-corrected chi connectivity index (χ2v) is 4.55. The third-order valence-corrected chi connectivity index (χ3v) is 3.05. The highest BCUT2D eigenvalue weighted by molar-refractivity contribution is 5.82. The molecule has 1 rings (SSSR count). The molecule has 0 bridgehead atoms. The summed E-state index contributed by atoms with van der Waals surface area (Å²) in [5.41, 5.74) is 5.59. The largest absolute Gasteiger partial charge is 0.481 e. The fourth-order valence-corrected chi connectivity index (χ4v) is 1.94. The van der Waals surface area contributed by atoms with E-state index < -0.39 is 12.0 Å². The quantitative estimate of drug-likeness (QED) is 0.525. The van der Waals surface area contributed by atoms with E-state index in [1.54, 1.807) is 0 Å². The second kappa shape index (κ2) is 6.56. The molecule has 0 heterocycles. The van der Waals surface area contributed by atoms with Gasteiger partial charge in [0.15, 0.2) is 0 Å². The lowest BCUT2D eigenvalue weighted by Gasteiger charge is -2.27. The number of nitrogens with two attached hydrogens (primary N) is 1. The molecule has 1 aliphatic rings. The standard InChI is InChI=1S/C11H20N2O4/c12-9(5-6-10(15)16)11(17)13-7-1-3-8(14)4-2-7/h7-9,14H,1-6,12H2,(H,13,17)(H,15,16). The van der Waals surface area contributed by atoms with Crippen molar-refractivity contribution in [2.24, 2.45) is 5.73 Å². The summed E-state index contributed by atoms with van der Waals surface area (Å²) in [6.45, 7) is 0. The van der Waals surface area contributed by atoms with Crippen LogP contribution in [0, 0.1) is 0 Å². The van der Waals surface area contributed by atoms with Gasteiger partial charge in [-0.2, -0.15) is 0 Å². The number of amides is 1. The Balaban J connectivity index is 2.25. The van der Waals surface area contributed by atoms with Gasteiger partial charge in [-0.1, -0.05) is 0 Å². The number of rotatable bonds is 5. The Labute approximate surface area is 100 Å². The smallest absolute Gasteiger partial charge is 0.303 e. The van der Waals surface area contributed by atoms with E-state index in [4.69, 9.17) is 10.8 Å². The van der Waals surface area contributed by atoms with Crippen molar-refractivity contribution in [2.45, 2.75) is 56.7 Å². The van der Waals surface area contributed by atoms with E-state index in [2.05, 4.69) is 5.32 Å². The van der Waals surface area contributed by atoms with Crippen LogP contribution in [0.15, 0.2) is 0 Å². The van der Waals surface area contributed by atoms with Crippen molar-refractivity contribution >= 4 is 11.9 Å². The average molecular weight is 244 g/mol. The molecule has 17 heavy (non-hydrogen) atoms. The van der Waals surface area contributed by atoms with E-state index in [1.807, 2.05) is 0 Å². The molecule has 1 unspecified atom stereocenters. The first-order chi connectivity index (χ1) is 7.99. The molecular formula is C11H20N2O4. The predicted molar refractivity (Wildman–Crippen MR) is 61.3 cm³/mol. The molecule has 1 amide bonds. The molecular weight excluding hydrogens is 224 g/mol. The molecule has 0 saturated heterocycles. The summed E-state index contributed by atoms with van der Waals surface area (Å²) < 4.78 is 0. The zero-order chi connectivity index (χ0) is 12.8. The highest BCUT2D eigenvalue weighted by Crippen LogP contribution is 2.18. The molecule has 0 aromatic carbocycles. The lowest BCUT2D eigenvalue weighted by Crippen LogP contribution is -2.47. The van der Waals surface area contributed by atoms with E-state index >= 15 is 0 Å². The minimum atomic E-state index is -0.950. The first-order valence-electron chi connectivity index (χ1n) is 5.95. The van der Waals surface area contributed by atoms with E-state index in [-0.39, 0.29) is 30.9 Å². The highest BCUT2D eigenvalue weighted by atomic mass is 16.4. The minimum Gasteiger partial charge on any atom is -0.481 e. The van der Waals surface area contributed by atoms with Crippen LogP contribution < -0.4 is 11.1 Å². The fourth-order valence-electron chi connectivity index (χ4n) is 1.94. The Kier molecular flexibility index (Phi) is 5.37. The van der Waals surface area contributed by atoms with Crippen LogP contribution in [0.25, 0.3) is 0 Å². The van der Waals surface area contributed by atoms with Crippen LogP contribution >= 0.6 is 0 Å². The van der Waals surface area contributed by atoms with Crippen LogP contribution in [0.2, 0.25) is 0 Å². The van der Waals surface area contributed by atoms with Crippen molar-refractivity contribution in [3.63, 3.8) is 0 Å². The molecule has 6 nitrogen and oxygen atoms in total. The number of nitrogens with one attached hydrogen (secondary N) is 1. The number of hydrogen-bond acceptors (Lipinski definition) is 4. The Hall–Kier alpha value is -1.14. The molecule has 98 valence electrons. The Morgan fingerprint density at radius 3 is 2.41 bits per heavy atom. The molecule has 1 aliphatic carbocycles. The molecule has 0 aliphatic heterocycles.